The number of hydrogen-bond acceptors (Lipinski definition) is 1. The van der Waals surface area contributed by atoms with Gasteiger partial charge in [0.2, 0.25) is 0 Å². The summed E-state index contributed by atoms with van der Waals surface area (Å²) >= 11 is 10.1. The molecule has 0 aliphatic rings. The molecule has 1 unspecified atom stereocenters. The molecule has 0 radical (unpaired) electrons. The lowest BCUT2D eigenvalue weighted by atomic mass is 10.00. The third kappa shape index (κ3) is 2.85. The van der Waals surface area contributed by atoms with E-state index < -0.39 is 6.04 Å². The average molecular weight is 438 g/mol. The van der Waals surface area contributed by atoms with Crippen LogP contribution in [0.4, 0.5) is 4.39 Å². The smallest absolute Gasteiger partial charge is 0.137 e. The number of rotatable bonds is 2. The molecule has 2 aromatic carbocycles. The first kappa shape index (κ1) is 14.2. The van der Waals surface area contributed by atoms with E-state index in [9.17, 15) is 4.39 Å². The lowest BCUT2D eigenvalue weighted by molar-refractivity contribution is 0.616. The highest BCUT2D eigenvalue weighted by Crippen LogP contribution is 2.33. The van der Waals surface area contributed by atoms with Gasteiger partial charge in [-0.3, -0.25) is 0 Å². The molecule has 5 heteroatoms. The highest BCUT2D eigenvalue weighted by Gasteiger charge is 2.17. The van der Waals surface area contributed by atoms with Gasteiger partial charge in [0.25, 0.3) is 0 Å². The minimum Gasteiger partial charge on any atom is -0.320 e. The SMILES string of the molecule is NC(c1cc(Br)ccc1Br)c1cccc(F)c1Br. The molecule has 2 aromatic rings. The van der Waals surface area contributed by atoms with Gasteiger partial charge in [0.15, 0.2) is 0 Å². The van der Waals surface area contributed by atoms with E-state index in [2.05, 4.69) is 47.8 Å². The zero-order valence-corrected chi connectivity index (χ0v) is 13.9. The zero-order valence-electron chi connectivity index (χ0n) is 9.13. The van der Waals surface area contributed by atoms with Crippen molar-refractivity contribution in [2.45, 2.75) is 6.04 Å². The molecule has 1 atom stereocenters. The Morgan fingerprint density at radius 3 is 2.44 bits per heavy atom. The molecular formula is C13H9Br3FN. The molecule has 0 heterocycles. The fraction of sp³-hybridized carbons (Fsp3) is 0.0769. The summed E-state index contributed by atoms with van der Waals surface area (Å²) in [4.78, 5) is 0. The standard InChI is InChI=1S/C13H9Br3FN/c14-7-4-5-10(15)9(6-7)13(18)8-2-1-3-11(17)12(8)16/h1-6,13H,18H2. The molecule has 0 aromatic heterocycles. The molecule has 2 rings (SSSR count). The second-order valence-electron chi connectivity index (χ2n) is 3.79. The maximum atomic E-state index is 13.5. The molecule has 1 nitrogen and oxygen atoms in total. The summed E-state index contributed by atoms with van der Waals surface area (Å²) in [5.41, 5.74) is 7.82. The molecule has 0 aliphatic heterocycles. The van der Waals surface area contributed by atoms with Crippen molar-refractivity contribution in [1.82, 2.24) is 0 Å². The van der Waals surface area contributed by atoms with E-state index in [0.29, 0.717) is 10.0 Å². The van der Waals surface area contributed by atoms with Crippen LogP contribution in [0.15, 0.2) is 49.8 Å². The van der Waals surface area contributed by atoms with Gasteiger partial charge in [0.1, 0.15) is 5.82 Å². The number of nitrogens with two attached hydrogens (primary N) is 1. The van der Waals surface area contributed by atoms with Crippen LogP contribution in [0.25, 0.3) is 0 Å². The lowest BCUT2D eigenvalue weighted by Gasteiger charge is -2.16. The van der Waals surface area contributed by atoms with Crippen LogP contribution in [0.1, 0.15) is 17.2 Å². The predicted octanol–water partition coefficient (Wildman–Crippen LogP) is 5.16. The third-order valence-corrected chi connectivity index (χ3v) is 4.66. The Labute approximate surface area is 130 Å². The summed E-state index contributed by atoms with van der Waals surface area (Å²) in [6, 6.07) is 10.2. The fourth-order valence-corrected chi connectivity index (χ4v) is 3.06. The summed E-state index contributed by atoms with van der Waals surface area (Å²) in [5.74, 6) is -0.311. The first-order valence-electron chi connectivity index (χ1n) is 5.15. The largest absolute Gasteiger partial charge is 0.320 e. The van der Waals surface area contributed by atoms with Crippen molar-refractivity contribution in [1.29, 1.82) is 0 Å². The van der Waals surface area contributed by atoms with Crippen LogP contribution >= 0.6 is 47.8 Å². The van der Waals surface area contributed by atoms with Gasteiger partial charge in [-0.15, -0.1) is 0 Å². The first-order chi connectivity index (χ1) is 8.50. The predicted molar refractivity (Wildman–Crippen MR) is 82.0 cm³/mol. The molecule has 0 fully saturated rings. The van der Waals surface area contributed by atoms with E-state index in [0.717, 1.165) is 14.5 Å². The summed E-state index contributed by atoms with van der Waals surface area (Å²) in [6.07, 6.45) is 0. The number of hydrogen-bond donors (Lipinski definition) is 1. The van der Waals surface area contributed by atoms with Crippen LogP contribution in [0.3, 0.4) is 0 Å². The van der Waals surface area contributed by atoms with E-state index in [1.165, 1.54) is 6.07 Å². The minimum absolute atomic E-state index is 0.311. The summed E-state index contributed by atoms with van der Waals surface area (Å²) < 4.78 is 15.8. The van der Waals surface area contributed by atoms with Gasteiger partial charge in [-0.1, -0.05) is 44.0 Å². The van der Waals surface area contributed by atoms with E-state index in [4.69, 9.17) is 5.73 Å². The van der Waals surface area contributed by atoms with E-state index >= 15 is 0 Å². The maximum absolute atomic E-state index is 13.5. The van der Waals surface area contributed by atoms with Crippen LogP contribution in [0.5, 0.6) is 0 Å². The molecule has 0 aliphatic carbocycles. The quantitative estimate of drug-likeness (QED) is 0.689. The second-order valence-corrected chi connectivity index (χ2v) is 6.35. The van der Waals surface area contributed by atoms with Crippen molar-refractivity contribution in [2.24, 2.45) is 5.73 Å². The van der Waals surface area contributed by atoms with E-state index in [-0.39, 0.29) is 5.82 Å². The van der Waals surface area contributed by atoms with Gasteiger partial charge < -0.3 is 5.73 Å². The zero-order chi connectivity index (χ0) is 13.3. The van der Waals surface area contributed by atoms with E-state index in [1.807, 2.05) is 24.3 Å². The molecule has 94 valence electrons. The Hall–Kier alpha value is -0.230. The molecule has 0 saturated heterocycles. The van der Waals surface area contributed by atoms with Crippen molar-refractivity contribution < 1.29 is 4.39 Å². The monoisotopic (exact) mass is 435 g/mol. The molecule has 0 saturated carbocycles. The Bertz CT molecular complexity index is 584. The summed E-state index contributed by atoms with van der Waals surface area (Å²) in [7, 11) is 0. The fourth-order valence-electron chi connectivity index (χ4n) is 1.68. The number of halogens is 4. The van der Waals surface area contributed by atoms with Gasteiger partial charge in [-0.2, -0.15) is 0 Å². The third-order valence-electron chi connectivity index (χ3n) is 2.61. The minimum atomic E-state index is -0.401. The van der Waals surface area contributed by atoms with E-state index in [1.54, 1.807) is 6.07 Å². The number of benzene rings is 2. The van der Waals surface area contributed by atoms with Crippen molar-refractivity contribution in [2.75, 3.05) is 0 Å². The Balaban J connectivity index is 2.51. The van der Waals surface area contributed by atoms with Crippen LogP contribution in [0, 0.1) is 5.82 Å². The van der Waals surface area contributed by atoms with Crippen LogP contribution in [-0.2, 0) is 0 Å². The Morgan fingerprint density at radius 2 is 1.72 bits per heavy atom. The molecule has 0 bridgehead atoms. The molecule has 0 amide bonds. The maximum Gasteiger partial charge on any atom is 0.137 e. The first-order valence-corrected chi connectivity index (χ1v) is 7.53. The van der Waals surface area contributed by atoms with Crippen molar-refractivity contribution >= 4 is 47.8 Å². The van der Waals surface area contributed by atoms with Gasteiger partial charge in [0.05, 0.1) is 10.5 Å². The molecular weight excluding hydrogens is 429 g/mol. The van der Waals surface area contributed by atoms with Crippen LogP contribution in [-0.4, -0.2) is 0 Å². The Kier molecular flexibility index (Phi) is 4.59. The second kappa shape index (κ2) is 5.82. The average Bonchev–Trinajstić information content (AvgIpc) is 2.35. The van der Waals surface area contributed by atoms with Crippen LogP contribution in [0.2, 0.25) is 0 Å². The molecule has 18 heavy (non-hydrogen) atoms. The van der Waals surface area contributed by atoms with Gasteiger partial charge >= 0.3 is 0 Å². The normalized spacial score (nSPS) is 12.5. The highest BCUT2D eigenvalue weighted by molar-refractivity contribution is 9.11. The summed E-state index contributed by atoms with van der Waals surface area (Å²) in [5, 5.41) is 0. The van der Waals surface area contributed by atoms with Crippen molar-refractivity contribution in [3.8, 4) is 0 Å². The van der Waals surface area contributed by atoms with Gasteiger partial charge in [-0.25, -0.2) is 4.39 Å². The van der Waals surface area contributed by atoms with Crippen molar-refractivity contribution in [3.05, 3.63) is 66.8 Å². The van der Waals surface area contributed by atoms with Gasteiger partial charge in [0, 0.05) is 8.95 Å². The highest BCUT2D eigenvalue weighted by atomic mass is 79.9. The van der Waals surface area contributed by atoms with Crippen molar-refractivity contribution in [3.63, 3.8) is 0 Å². The topological polar surface area (TPSA) is 26.0 Å². The van der Waals surface area contributed by atoms with Gasteiger partial charge in [-0.05, 0) is 51.3 Å². The Morgan fingerprint density at radius 1 is 1.00 bits per heavy atom. The molecule has 2 N–H and O–H groups in total. The molecule has 0 spiro atoms. The van der Waals surface area contributed by atoms with Crippen LogP contribution < -0.4 is 5.73 Å². The lowest BCUT2D eigenvalue weighted by Crippen LogP contribution is -2.13. The summed E-state index contributed by atoms with van der Waals surface area (Å²) in [6.45, 7) is 0.